The van der Waals surface area contributed by atoms with E-state index >= 15 is 0 Å². The van der Waals surface area contributed by atoms with E-state index in [0.717, 1.165) is 22.3 Å². The molecule has 0 radical (unpaired) electrons. The Hall–Kier alpha value is -2.16. The molecule has 2 rings (SSSR count). The van der Waals surface area contributed by atoms with Gasteiger partial charge in [-0.05, 0) is 31.9 Å². The van der Waals surface area contributed by atoms with E-state index < -0.39 is 0 Å². The minimum absolute atomic E-state index is 0.0293. The number of ketones is 1. The van der Waals surface area contributed by atoms with Gasteiger partial charge >= 0.3 is 0 Å². The van der Waals surface area contributed by atoms with Crippen molar-refractivity contribution in [3.05, 3.63) is 57.5 Å². The molecule has 0 aliphatic heterocycles. The third kappa shape index (κ3) is 2.36. The molecule has 0 saturated carbocycles. The number of hydrogen-bond donors (Lipinski definition) is 0. The van der Waals surface area contributed by atoms with Gasteiger partial charge in [-0.2, -0.15) is 0 Å². The van der Waals surface area contributed by atoms with Crippen LogP contribution in [0.2, 0.25) is 0 Å². The van der Waals surface area contributed by atoms with E-state index in [1.165, 1.54) is 0 Å². The highest BCUT2D eigenvalue weighted by Gasteiger charge is 2.09. The van der Waals surface area contributed by atoms with Crippen LogP contribution in [-0.2, 0) is 7.05 Å². The van der Waals surface area contributed by atoms with Crippen LogP contribution in [-0.4, -0.2) is 10.4 Å². The smallest absolute Gasteiger partial charge is 0.253 e. The lowest BCUT2D eigenvalue weighted by molar-refractivity contribution is 0.101. The van der Waals surface area contributed by atoms with Gasteiger partial charge in [0, 0.05) is 29.9 Å². The van der Waals surface area contributed by atoms with Gasteiger partial charge < -0.3 is 4.57 Å². The lowest BCUT2D eigenvalue weighted by Crippen LogP contribution is -2.20. The van der Waals surface area contributed by atoms with E-state index in [-0.39, 0.29) is 11.3 Å². The zero-order chi connectivity index (χ0) is 14.2. The number of aryl methyl sites for hydroxylation is 1. The minimum Gasteiger partial charge on any atom is -0.318 e. The van der Waals surface area contributed by atoms with Crippen LogP contribution < -0.4 is 5.56 Å². The summed E-state index contributed by atoms with van der Waals surface area (Å²) in [5.74, 6) is 0.0555. The molecule has 0 aliphatic rings. The Morgan fingerprint density at radius 1 is 1.05 bits per heavy atom. The SMILES string of the molecule is CC(=O)c1ccc(-c2cn(C)c(=O)c(C)c2C)cc1. The summed E-state index contributed by atoms with van der Waals surface area (Å²) in [5.41, 5.74) is 4.51. The van der Waals surface area contributed by atoms with Gasteiger partial charge in [0.05, 0.1) is 0 Å². The number of rotatable bonds is 2. The molecule has 0 saturated heterocycles. The molecule has 2 aromatic rings. The normalized spacial score (nSPS) is 10.5. The van der Waals surface area contributed by atoms with Gasteiger partial charge in [0.15, 0.2) is 5.78 Å². The van der Waals surface area contributed by atoms with Crippen LogP contribution in [0.25, 0.3) is 11.1 Å². The predicted octanol–water partition coefficient (Wildman–Crippen LogP) is 2.87. The molecule has 0 amide bonds. The maximum absolute atomic E-state index is 11.8. The fourth-order valence-electron chi connectivity index (χ4n) is 2.15. The first-order chi connectivity index (χ1) is 8.91. The first kappa shape index (κ1) is 13.3. The van der Waals surface area contributed by atoms with E-state index in [9.17, 15) is 9.59 Å². The number of aromatic nitrogens is 1. The third-order valence-corrected chi connectivity index (χ3v) is 3.53. The first-order valence-corrected chi connectivity index (χ1v) is 6.20. The number of benzene rings is 1. The topological polar surface area (TPSA) is 39.1 Å². The Morgan fingerprint density at radius 3 is 2.16 bits per heavy atom. The summed E-state index contributed by atoms with van der Waals surface area (Å²) in [4.78, 5) is 23.1. The number of nitrogens with zero attached hydrogens (tertiary/aromatic N) is 1. The monoisotopic (exact) mass is 255 g/mol. The van der Waals surface area contributed by atoms with Crippen molar-refractivity contribution in [2.45, 2.75) is 20.8 Å². The molecule has 0 atom stereocenters. The lowest BCUT2D eigenvalue weighted by atomic mass is 9.98. The minimum atomic E-state index is 0.0293. The molecular weight excluding hydrogens is 238 g/mol. The second-order valence-corrected chi connectivity index (χ2v) is 4.84. The maximum Gasteiger partial charge on any atom is 0.253 e. The number of Topliss-reactive ketones (excluding diaryl/α,β-unsaturated/α-hetero) is 1. The largest absolute Gasteiger partial charge is 0.318 e. The van der Waals surface area contributed by atoms with Gasteiger partial charge in [0.2, 0.25) is 0 Å². The summed E-state index contributed by atoms with van der Waals surface area (Å²) >= 11 is 0. The molecule has 3 nitrogen and oxygen atoms in total. The predicted molar refractivity (Wildman–Crippen MR) is 76.6 cm³/mol. The van der Waals surface area contributed by atoms with E-state index in [2.05, 4.69) is 0 Å². The molecule has 0 unspecified atom stereocenters. The van der Waals surface area contributed by atoms with Crippen LogP contribution in [0.4, 0.5) is 0 Å². The van der Waals surface area contributed by atoms with Crippen LogP contribution in [0.1, 0.15) is 28.4 Å². The second-order valence-electron chi connectivity index (χ2n) is 4.84. The van der Waals surface area contributed by atoms with Crippen LogP contribution in [0.3, 0.4) is 0 Å². The van der Waals surface area contributed by atoms with Crippen LogP contribution in [0.5, 0.6) is 0 Å². The van der Waals surface area contributed by atoms with Gasteiger partial charge in [-0.1, -0.05) is 24.3 Å². The molecule has 1 heterocycles. The number of carbonyl (C=O) groups is 1. The summed E-state index contributed by atoms with van der Waals surface area (Å²) < 4.78 is 1.59. The molecule has 0 N–H and O–H groups in total. The van der Waals surface area contributed by atoms with Gasteiger partial charge in [0.1, 0.15) is 0 Å². The van der Waals surface area contributed by atoms with Crippen molar-refractivity contribution in [2.24, 2.45) is 7.05 Å². The fraction of sp³-hybridized carbons (Fsp3) is 0.250. The molecule has 0 fully saturated rings. The molecule has 98 valence electrons. The molecular formula is C16H17NO2. The van der Waals surface area contributed by atoms with Crippen LogP contribution in [0.15, 0.2) is 35.3 Å². The van der Waals surface area contributed by atoms with Gasteiger partial charge in [-0.3, -0.25) is 9.59 Å². The Balaban J connectivity index is 2.59. The Bertz CT molecular complexity index is 694. The van der Waals surface area contributed by atoms with Gasteiger partial charge in [0.25, 0.3) is 5.56 Å². The summed E-state index contributed by atoms with van der Waals surface area (Å²) in [6.45, 7) is 5.34. The quantitative estimate of drug-likeness (QED) is 0.774. The highest BCUT2D eigenvalue weighted by atomic mass is 16.1. The van der Waals surface area contributed by atoms with Crippen LogP contribution in [0, 0.1) is 13.8 Å². The van der Waals surface area contributed by atoms with Crippen molar-refractivity contribution in [1.82, 2.24) is 4.57 Å². The number of hydrogen-bond acceptors (Lipinski definition) is 2. The van der Waals surface area contributed by atoms with Crippen molar-refractivity contribution < 1.29 is 4.79 Å². The first-order valence-electron chi connectivity index (χ1n) is 6.20. The van der Waals surface area contributed by atoms with E-state index in [1.54, 1.807) is 18.5 Å². The summed E-state index contributed by atoms with van der Waals surface area (Å²) in [6, 6.07) is 7.47. The van der Waals surface area contributed by atoms with E-state index in [4.69, 9.17) is 0 Å². The fourth-order valence-corrected chi connectivity index (χ4v) is 2.15. The Labute approximate surface area is 112 Å². The number of pyridine rings is 1. The van der Waals surface area contributed by atoms with Crippen molar-refractivity contribution in [2.75, 3.05) is 0 Å². The molecule has 19 heavy (non-hydrogen) atoms. The second kappa shape index (κ2) is 4.84. The van der Waals surface area contributed by atoms with E-state index in [0.29, 0.717) is 5.56 Å². The maximum atomic E-state index is 11.8. The highest BCUT2D eigenvalue weighted by molar-refractivity contribution is 5.94. The molecule has 0 bridgehead atoms. The zero-order valence-corrected chi connectivity index (χ0v) is 11.7. The third-order valence-electron chi connectivity index (χ3n) is 3.53. The van der Waals surface area contributed by atoms with Crippen molar-refractivity contribution in [1.29, 1.82) is 0 Å². The Morgan fingerprint density at radius 2 is 1.63 bits per heavy atom. The summed E-state index contributed by atoms with van der Waals surface area (Å²) in [7, 11) is 1.75. The van der Waals surface area contributed by atoms with Crippen molar-refractivity contribution in [3.8, 4) is 11.1 Å². The van der Waals surface area contributed by atoms with Crippen molar-refractivity contribution in [3.63, 3.8) is 0 Å². The molecule has 3 heteroatoms. The van der Waals surface area contributed by atoms with E-state index in [1.807, 2.05) is 44.3 Å². The lowest BCUT2D eigenvalue weighted by Gasteiger charge is -2.11. The summed E-state index contributed by atoms with van der Waals surface area (Å²) in [6.07, 6.45) is 1.84. The zero-order valence-electron chi connectivity index (χ0n) is 11.7. The number of carbonyl (C=O) groups excluding carboxylic acids is 1. The average molecular weight is 255 g/mol. The van der Waals surface area contributed by atoms with Crippen LogP contribution >= 0.6 is 0 Å². The van der Waals surface area contributed by atoms with Crippen molar-refractivity contribution >= 4 is 5.78 Å². The van der Waals surface area contributed by atoms with Gasteiger partial charge in [-0.15, -0.1) is 0 Å². The Kier molecular flexibility index (Phi) is 3.38. The average Bonchev–Trinajstić information content (AvgIpc) is 2.40. The molecule has 0 spiro atoms. The standard InChI is InChI=1S/C16H17NO2/c1-10-11(2)16(19)17(4)9-15(10)14-7-5-13(6-8-14)12(3)18/h5-9H,1-4H3. The molecule has 0 aliphatic carbocycles. The molecule has 1 aromatic heterocycles. The van der Waals surface area contributed by atoms with Gasteiger partial charge in [-0.25, -0.2) is 0 Å². The summed E-state index contributed by atoms with van der Waals surface area (Å²) in [5, 5.41) is 0. The molecule has 1 aromatic carbocycles. The highest BCUT2D eigenvalue weighted by Crippen LogP contribution is 2.24.